The van der Waals surface area contributed by atoms with Crippen molar-refractivity contribution in [1.29, 1.82) is 0 Å². The Balaban J connectivity index is 3.22. The molecule has 0 bridgehead atoms. The Morgan fingerprint density at radius 3 is 2.80 bits per heavy atom. The molecular formula is C8H14O2. The summed E-state index contributed by atoms with van der Waals surface area (Å²) >= 11 is 0. The summed E-state index contributed by atoms with van der Waals surface area (Å²) in [5.41, 5.74) is 0. The molecule has 0 radical (unpaired) electrons. The Hall–Kier alpha value is -0.790. The third-order valence-electron chi connectivity index (χ3n) is 1.04. The highest BCUT2D eigenvalue weighted by atomic mass is 16.5. The van der Waals surface area contributed by atoms with Crippen molar-refractivity contribution in [2.24, 2.45) is 0 Å². The molecule has 0 saturated heterocycles. The molecule has 10 heavy (non-hydrogen) atoms. The topological polar surface area (TPSA) is 26.3 Å². The first-order chi connectivity index (χ1) is 4.81. The van der Waals surface area contributed by atoms with Crippen molar-refractivity contribution in [1.82, 2.24) is 0 Å². The van der Waals surface area contributed by atoms with Crippen molar-refractivity contribution in [3.8, 4) is 0 Å². The quantitative estimate of drug-likeness (QED) is 0.340. The molecule has 0 aromatic heterocycles. The van der Waals surface area contributed by atoms with Gasteiger partial charge in [-0.05, 0) is 13.3 Å². The third kappa shape index (κ3) is 5.35. The van der Waals surface area contributed by atoms with Crippen LogP contribution in [0.1, 0.15) is 26.7 Å². The number of unbranched alkanes of at least 4 members (excludes halogenated alkanes) is 1. The van der Waals surface area contributed by atoms with E-state index in [1.165, 1.54) is 6.08 Å². The maximum absolute atomic E-state index is 10.6. The Labute approximate surface area is 61.9 Å². The van der Waals surface area contributed by atoms with Gasteiger partial charge in [0.2, 0.25) is 0 Å². The molecule has 0 unspecified atom stereocenters. The number of hydrogen-bond donors (Lipinski definition) is 0. The SMILES string of the molecule is CC=CC(=O)OCCCC. The Bertz CT molecular complexity index is 116. The van der Waals surface area contributed by atoms with Crippen LogP contribution in [-0.2, 0) is 9.53 Å². The molecule has 0 aliphatic heterocycles. The minimum Gasteiger partial charge on any atom is -0.463 e. The van der Waals surface area contributed by atoms with Crippen LogP contribution in [0.2, 0.25) is 0 Å². The van der Waals surface area contributed by atoms with Gasteiger partial charge in [0, 0.05) is 6.08 Å². The Morgan fingerprint density at radius 2 is 2.30 bits per heavy atom. The first-order valence-corrected chi connectivity index (χ1v) is 3.60. The molecule has 0 heterocycles. The summed E-state index contributed by atoms with van der Waals surface area (Å²) in [5, 5.41) is 0. The predicted molar refractivity (Wildman–Crippen MR) is 40.7 cm³/mol. The number of allylic oxidation sites excluding steroid dienone is 1. The minimum atomic E-state index is -0.240. The van der Waals surface area contributed by atoms with Gasteiger partial charge in [0.15, 0.2) is 0 Å². The third-order valence-corrected chi connectivity index (χ3v) is 1.04. The zero-order valence-corrected chi connectivity index (χ0v) is 6.59. The van der Waals surface area contributed by atoms with Crippen LogP contribution in [0, 0.1) is 0 Å². The standard InChI is InChI=1S/C8H14O2/c1-3-5-7-10-8(9)6-4-2/h4,6H,3,5,7H2,1-2H3. The summed E-state index contributed by atoms with van der Waals surface area (Å²) in [4.78, 5) is 10.6. The van der Waals surface area contributed by atoms with Gasteiger partial charge in [-0.1, -0.05) is 19.4 Å². The summed E-state index contributed by atoms with van der Waals surface area (Å²) in [5.74, 6) is -0.240. The van der Waals surface area contributed by atoms with E-state index in [-0.39, 0.29) is 5.97 Å². The highest BCUT2D eigenvalue weighted by Crippen LogP contribution is 1.88. The number of esters is 1. The highest BCUT2D eigenvalue weighted by Gasteiger charge is 1.92. The molecule has 0 rings (SSSR count). The molecule has 58 valence electrons. The molecule has 0 aliphatic rings. The van der Waals surface area contributed by atoms with Gasteiger partial charge >= 0.3 is 5.97 Å². The van der Waals surface area contributed by atoms with Crippen molar-refractivity contribution in [3.05, 3.63) is 12.2 Å². The monoisotopic (exact) mass is 142 g/mol. The lowest BCUT2D eigenvalue weighted by molar-refractivity contribution is -0.137. The number of carbonyl (C=O) groups is 1. The summed E-state index contributed by atoms with van der Waals surface area (Å²) in [7, 11) is 0. The lowest BCUT2D eigenvalue weighted by atomic mass is 10.4. The number of ether oxygens (including phenoxy) is 1. The fraction of sp³-hybridized carbons (Fsp3) is 0.625. The summed E-state index contributed by atoms with van der Waals surface area (Å²) in [6.45, 7) is 4.39. The average molecular weight is 142 g/mol. The number of carbonyl (C=O) groups excluding carboxylic acids is 1. The van der Waals surface area contributed by atoms with E-state index in [0.29, 0.717) is 6.61 Å². The van der Waals surface area contributed by atoms with Gasteiger partial charge in [0.05, 0.1) is 6.61 Å². The van der Waals surface area contributed by atoms with Crippen molar-refractivity contribution in [3.63, 3.8) is 0 Å². The second-order valence-electron chi connectivity index (χ2n) is 2.02. The molecule has 0 N–H and O–H groups in total. The first kappa shape index (κ1) is 9.21. The number of hydrogen-bond acceptors (Lipinski definition) is 2. The summed E-state index contributed by atoms with van der Waals surface area (Å²) in [6.07, 6.45) is 5.11. The van der Waals surface area contributed by atoms with E-state index < -0.39 is 0 Å². The molecule has 0 fully saturated rings. The molecule has 0 saturated carbocycles. The van der Waals surface area contributed by atoms with Gasteiger partial charge < -0.3 is 4.74 Å². The largest absolute Gasteiger partial charge is 0.463 e. The van der Waals surface area contributed by atoms with E-state index >= 15 is 0 Å². The maximum Gasteiger partial charge on any atom is 0.330 e. The molecular weight excluding hydrogens is 128 g/mol. The predicted octanol–water partition coefficient (Wildman–Crippen LogP) is 1.91. The van der Waals surface area contributed by atoms with Crippen LogP contribution in [0.3, 0.4) is 0 Å². The van der Waals surface area contributed by atoms with Crippen LogP contribution in [0.5, 0.6) is 0 Å². The summed E-state index contributed by atoms with van der Waals surface area (Å²) in [6, 6.07) is 0. The first-order valence-electron chi connectivity index (χ1n) is 3.60. The Morgan fingerprint density at radius 1 is 1.60 bits per heavy atom. The van der Waals surface area contributed by atoms with Gasteiger partial charge in [0.25, 0.3) is 0 Å². The van der Waals surface area contributed by atoms with E-state index in [1.54, 1.807) is 13.0 Å². The maximum atomic E-state index is 10.6. The molecule has 0 spiro atoms. The van der Waals surface area contributed by atoms with Gasteiger partial charge in [-0.2, -0.15) is 0 Å². The van der Waals surface area contributed by atoms with Crippen molar-refractivity contribution in [2.45, 2.75) is 26.7 Å². The molecule has 0 amide bonds. The lowest BCUT2D eigenvalue weighted by Gasteiger charge is -1.97. The van der Waals surface area contributed by atoms with Crippen molar-refractivity contribution >= 4 is 5.97 Å². The van der Waals surface area contributed by atoms with E-state index in [9.17, 15) is 4.79 Å². The molecule has 0 atom stereocenters. The molecule has 0 aromatic carbocycles. The average Bonchev–Trinajstić information content (AvgIpc) is 1.89. The van der Waals surface area contributed by atoms with Gasteiger partial charge in [0.1, 0.15) is 0 Å². The van der Waals surface area contributed by atoms with Gasteiger partial charge in [-0.15, -0.1) is 0 Å². The second kappa shape index (κ2) is 6.33. The molecule has 2 nitrogen and oxygen atoms in total. The molecule has 0 aliphatic carbocycles. The Kier molecular flexibility index (Phi) is 5.83. The minimum absolute atomic E-state index is 0.240. The van der Waals surface area contributed by atoms with Gasteiger partial charge in [-0.25, -0.2) is 4.79 Å². The zero-order valence-electron chi connectivity index (χ0n) is 6.59. The van der Waals surface area contributed by atoms with E-state index in [0.717, 1.165) is 12.8 Å². The molecule has 0 aromatic rings. The van der Waals surface area contributed by atoms with Crippen LogP contribution < -0.4 is 0 Å². The number of rotatable bonds is 4. The van der Waals surface area contributed by atoms with E-state index in [2.05, 4.69) is 6.92 Å². The van der Waals surface area contributed by atoms with Crippen LogP contribution >= 0.6 is 0 Å². The normalized spacial score (nSPS) is 10.2. The fourth-order valence-electron chi connectivity index (χ4n) is 0.501. The highest BCUT2D eigenvalue weighted by molar-refractivity contribution is 5.81. The lowest BCUT2D eigenvalue weighted by Crippen LogP contribution is -2.01. The van der Waals surface area contributed by atoms with Gasteiger partial charge in [-0.3, -0.25) is 0 Å². The van der Waals surface area contributed by atoms with Crippen molar-refractivity contribution in [2.75, 3.05) is 6.61 Å². The van der Waals surface area contributed by atoms with Crippen LogP contribution in [0.4, 0.5) is 0 Å². The van der Waals surface area contributed by atoms with Crippen LogP contribution in [0.15, 0.2) is 12.2 Å². The van der Waals surface area contributed by atoms with Crippen LogP contribution in [0.25, 0.3) is 0 Å². The van der Waals surface area contributed by atoms with E-state index in [4.69, 9.17) is 4.74 Å². The molecule has 2 heteroatoms. The smallest absolute Gasteiger partial charge is 0.330 e. The van der Waals surface area contributed by atoms with Crippen LogP contribution in [-0.4, -0.2) is 12.6 Å². The second-order valence-corrected chi connectivity index (χ2v) is 2.02. The van der Waals surface area contributed by atoms with E-state index in [1.807, 2.05) is 0 Å². The zero-order chi connectivity index (χ0) is 7.82. The summed E-state index contributed by atoms with van der Waals surface area (Å²) < 4.78 is 4.80. The van der Waals surface area contributed by atoms with Crippen molar-refractivity contribution < 1.29 is 9.53 Å². The fourth-order valence-corrected chi connectivity index (χ4v) is 0.501.